The predicted octanol–water partition coefficient (Wildman–Crippen LogP) is -0.837. The van der Waals surface area contributed by atoms with Crippen molar-refractivity contribution >= 4 is 0 Å². The molecule has 0 aliphatic rings. The van der Waals surface area contributed by atoms with Crippen LogP contribution in [0.5, 0.6) is 5.75 Å². The standard InChI is InChI=1S/C13H22N2O/c1-15(2)11-6-9-14-10-12-16-13-7-4-3-5-8-13/h3-5,7-8,14H,6,9-12H2,1-2H3/p+2. The highest BCUT2D eigenvalue weighted by atomic mass is 16.5. The van der Waals surface area contributed by atoms with Gasteiger partial charge in [0.25, 0.3) is 0 Å². The molecule has 3 heteroatoms. The molecular weight excluding hydrogens is 200 g/mol. The zero-order valence-corrected chi connectivity index (χ0v) is 10.4. The molecule has 0 unspecified atom stereocenters. The van der Waals surface area contributed by atoms with E-state index in [0.29, 0.717) is 0 Å². The average Bonchev–Trinajstić information content (AvgIpc) is 2.29. The maximum atomic E-state index is 5.60. The molecule has 0 atom stereocenters. The summed E-state index contributed by atoms with van der Waals surface area (Å²) in [5.74, 6) is 0.966. The van der Waals surface area contributed by atoms with Crippen LogP contribution in [0.15, 0.2) is 30.3 Å². The van der Waals surface area contributed by atoms with Crippen molar-refractivity contribution in [3.63, 3.8) is 0 Å². The van der Waals surface area contributed by atoms with Crippen molar-refractivity contribution in [1.82, 2.24) is 0 Å². The molecule has 0 radical (unpaired) electrons. The van der Waals surface area contributed by atoms with Gasteiger partial charge >= 0.3 is 0 Å². The number of hydrogen-bond donors (Lipinski definition) is 2. The van der Waals surface area contributed by atoms with E-state index in [4.69, 9.17) is 4.74 Å². The minimum atomic E-state index is 0.791. The lowest BCUT2D eigenvalue weighted by Gasteiger charge is -2.07. The Morgan fingerprint density at radius 3 is 2.56 bits per heavy atom. The van der Waals surface area contributed by atoms with Crippen LogP contribution < -0.4 is 15.0 Å². The molecule has 16 heavy (non-hydrogen) atoms. The smallest absolute Gasteiger partial charge is 0.137 e. The third-order valence-corrected chi connectivity index (χ3v) is 2.42. The Kier molecular flexibility index (Phi) is 6.61. The number of hydrogen-bond acceptors (Lipinski definition) is 1. The molecule has 90 valence electrons. The maximum Gasteiger partial charge on any atom is 0.137 e. The molecule has 0 heterocycles. The van der Waals surface area contributed by atoms with Crippen molar-refractivity contribution in [2.24, 2.45) is 0 Å². The molecule has 0 aliphatic heterocycles. The van der Waals surface area contributed by atoms with E-state index in [-0.39, 0.29) is 0 Å². The Balaban J connectivity index is 1.93. The first-order chi connectivity index (χ1) is 7.79. The second-order valence-corrected chi connectivity index (χ2v) is 4.34. The van der Waals surface area contributed by atoms with E-state index < -0.39 is 0 Å². The Morgan fingerprint density at radius 1 is 1.12 bits per heavy atom. The third kappa shape index (κ3) is 6.43. The zero-order chi connectivity index (χ0) is 11.6. The van der Waals surface area contributed by atoms with Crippen LogP contribution >= 0.6 is 0 Å². The van der Waals surface area contributed by atoms with Crippen LogP contribution in [-0.2, 0) is 0 Å². The van der Waals surface area contributed by atoms with Crippen LogP contribution in [0.1, 0.15) is 6.42 Å². The highest BCUT2D eigenvalue weighted by Gasteiger charge is 1.96. The number of nitrogens with two attached hydrogens (primary N) is 1. The molecule has 0 aromatic heterocycles. The Morgan fingerprint density at radius 2 is 1.88 bits per heavy atom. The third-order valence-electron chi connectivity index (χ3n) is 2.42. The highest BCUT2D eigenvalue weighted by molar-refractivity contribution is 5.20. The highest BCUT2D eigenvalue weighted by Crippen LogP contribution is 2.06. The van der Waals surface area contributed by atoms with E-state index >= 15 is 0 Å². The monoisotopic (exact) mass is 224 g/mol. The average molecular weight is 224 g/mol. The molecule has 0 fully saturated rings. The second-order valence-electron chi connectivity index (χ2n) is 4.34. The summed E-state index contributed by atoms with van der Waals surface area (Å²) in [4.78, 5) is 1.52. The first-order valence-corrected chi connectivity index (χ1v) is 6.07. The molecule has 0 bridgehead atoms. The quantitative estimate of drug-likeness (QED) is 0.554. The van der Waals surface area contributed by atoms with Gasteiger partial charge in [0.15, 0.2) is 0 Å². The van der Waals surface area contributed by atoms with E-state index in [2.05, 4.69) is 19.4 Å². The number of benzene rings is 1. The van der Waals surface area contributed by atoms with Gasteiger partial charge in [-0.3, -0.25) is 0 Å². The largest absolute Gasteiger partial charge is 0.488 e. The van der Waals surface area contributed by atoms with Gasteiger partial charge in [0.2, 0.25) is 0 Å². The minimum absolute atomic E-state index is 0.791. The SMILES string of the molecule is C[NH+](C)CCC[NH2+]CCOc1ccccc1. The van der Waals surface area contributed by atoms with Crippen molar-refractivity contribution in [3.8, 4) is 5.75 Å². The van der Waals surface area contributed by atoms with Gasteiger partial charge in [-0.05, 0) is 12.1 Å². The molecule has 1 rings (SSSR count). The zero-order valence-electron chi connectivity index (χ0n) is 10.4. The normalized spacial score (nSPS) is 10.7. The van der Waals surface area contributed by atoms with Crippen molar-refractivity contribution < 1.29 is 15.0 Å². The number of para-hydroxylation sites is 1. The first kappa shape index (κ1) is 13.0. The lowest BCUT2D eigenvalue weighted by atomic mass is 10.3. The van der Waals surface area contributed by atoms with Crippen LogP contribution in [0.3, 0.4) is 0 Å². The van der Waals surface area contributed by atoms with Gasteiger partial charge < -0.3 is 15.0 Å². The Labute approximate surface area is 98.4 Å². The van der Waals surface area contributed by atoms with Crippen LogP contribution in [0.25, 0.3) is 0 Å². The van der Waals surface area contributed by atoms with Crippen LogP contribution in [0, 0.1) is 0 Å². The van der Waals surface area contributed by atoms with Crippen molar-refractivity contribution in [2.75, 3.05) is 40.3 Å². The van der Waals surface area contributed by atoms with Crippen molar-refractivity contribution in [2.45, 2.75) is 6.42 Å². The van der Waals surface area contributed by atoms with E-state index in [0.717, 1.165) is 18.9 Å². The van der Waals surface area contributed by atoms with Gasteiger partial charge in [-0.2, -0.15) is 0 Å². The Hall–Kier alpha value is -1.06. The molecule has 0 amide bonds. The summed E-state index contributed by atoms with van der Waals surface area (Å²) >= 11 is 0. The lowest BCUT2D eigenvalue weighted by Crippen LogP contribution is -3.06. The fourth-order valence-corrected chi connectivity index (χ4v) is 1.52. The first-order valence-electron chi connectivity index (χ1n) is 6.07. The second kappa shape index (κ2) is 8.13. The summed E-state index contributed by atoms with van der Waals surface area (Å²) in [5, 5.41) is 2.33. The molecule has 1 aromatic carbocycles. The van der Waals surface area contributed by atoms with Gasteiger partial charge in [-0.15, -0.1) is 0 Å². The number of nitrogens with one attached hydrogen (secondary N) is 1. The van der Waals surface area contributed by atoms with E-state index in [1.165, 1.54) is 24.4 Å². The van der Waals surface area contributed by atoms with Crippen molar-refractivity contribution in [1.29, 1.82) is 0 Å². The van der Waals surface area contributed by atoms with Crippen LogP contribution in [0.2, 0.25) is 0 Å². The minimum Gasteiger partial charge on any atom is -0.488 e. The summed E-state index contributed by atoms with van der Waals surface area (Å²) in [6.45, 7) is 4.27. The van der Waals surface area contributed by atoms with Gasteiger partial charge in [0.05, 0.1) is 27.2 Å². The molecule has 0 saturated carbocycles. The van der Waals surface area contributed by atoms with E-state index in [1.54, 1.807) is 0 Å². The van der Waals surface area contributed by atoms with Gasteiger partial charge in [0.1, 0.15) is 18.9 Å². The van der Waals surface area contributed by atoms with E-state index in [9.17, 15) is 0 Å². The summed E-state index contributed by atoms with van der Waals surface area (Å²) in [6.07, 6.45) is 1.27. The van der Waals surface area contributed by atoms with Crippen LogP contribution in [-0.4, -0.2) is 40.3 Å². The summed E-state index contributed by atoms with van der Waals surface area (Å²) in [5.41, 5.74) is 0. The topological polar surface area (TPSA) is 30.3 Å². The van der Waals surface area contributed by atoms with Gasteiger partial charge in [-0.1, -0.05) is 18.2 Å². The van der Waals surface area contributed by atoms with Crippen molar-refractivity contribution in [3.05, 3.63) is 30.3 Å². The van der Waals surface area contributed by atoms with Gasteiger partial charge in [0, 0.05) is 6.42 Å². The number of ether oxygens (including phenoxy) is 1. The predicted molar refractivity (Wildman–Crippen MR) is 65.9 cm³/mol. The molecule has 0 aliphatic carbocycles. The lowest BCUT2D eigenvalue weighted by molar-refractivity contribution is -0.860. The fraction of sp³-hybridized carbons (Fsp3) is 0.538. The summed E-state index contributed by atoms with van der Waals surface area (Å²) < 4.78 is 5.60. The fourth-order valence-electron chi connectivity index (χ4n) is 1.52. The number of quaternary nitrogens is 2. The van der Waals surface area contributed by atoms with Crippen LogP contribution in [0.4, 0.5) is 0 Å². The van der Waals surface area contributed by atoms with Gasteiger partial charge in [-0.25, -0.2) is 0 Å². The summed E-state index contributed by atoms with van der Waals surface area (Å²) in [7, 11) is 4.39. The molecule has 0 saturated heterocycles. The molecule has 3 N–H and O–H groups in total. The molecule has 0 spiro atoms. The molecular formula is C13H24N2O+2. The number of rotatable bonds is 8. The Bertz CT molecular complexity index is 262. The molecule has 1 aromatic rings. The molecule has 3 nitrogen and oxygen atoms in total. The summed E-state index contributed by atoms with van der Waals surface area (Å²) in [6, 6.07) is 9.99. The van der Waals surface area contributed by atoms with E-state index in [1.807, 2.05) is 30.3 Å². The maximum absolute atomic E-state index is 5.60.